The molecule has 0 saturated carbocycles. The third kappa shape index (κ3) is 6.03. The quantitative estimate of drug-likeness (QED) is 0.525. The molecule has 7 heteroatoms. The van der Waals surface area contributed by atoms with Crippen LogP contribution in [0.1, 0.15) is 39.2 Å². The zero-order valence-electron chi connectivity index (χ0n) is 18.9. The fraction of sp³-hybridized carbons (Fsp3) is 0.296. The molecule has 34 heavy (non-hydrogen) atoms. The van der Waals surface area contributed by atoms with Crippen LogP contribution >= 0.6 is 11.3 Å². The van der Waals surface area contributed by atoms with Crippen molar-refractivity contribution in [2.24, 2.45) is 5.92 Å². The summed E-state index contributed by atoms with van der Waals surface area (Å²) < 4.78 is 5.85. The van der Waals surface area contributed by atoms with E-state index in [2.05, 4.69) is 17.5 Å². The number of piperidine rings is 1. The van der Waals surface area contributed by atoms with Crippen LogP contribution < -0.4 is 10.1 Å². The lowest BCUT2D eigenvalue weighted by atomic mass is 9.95. The van der Waals surface area contributed by atoms with Crippen molar-refractivity contribution in [3.05, 3.63) is 87.6 Å². The van der Waals surface area contributed by atoms with Gasteiger partial charge in [0.2, 0.25) is 5.91 Å². The van der Waals surface area contributed by atoms with Crippen molar-refractivity contribution in [3.8, 4) is 11.8 Å². The Labute approximate surface area is 203 Å². The topological polar surface area (TPSA) is 82.4 Å². The molecule has 0 aliphatic carbocycles. The molecule has 174 valence electrons. The van der Waals surface area contributed by atoms with Crippen LogP contribution in [-0.4, -0.2) is 36.3 Å². The molecule has 1 saturated heterocycles. The van der Waals surface area contributed by atoms with Gasteiger partial charge in [-0.3, -0.25) is 9.59 Å². The SMILES string of the molecule is N#Cc1ccccc1COc1cccc(C(=O)N2CCC(C(=O)NCCc3cccs3)CC2)c1. The van der Waals surface area contributed by atoms with Gasteiger partial charge in [0, 0.05) is 41.6 Å². The number of rotatable bonds is 8. The number of benzene rings is 2. The Morgan fingerprint density at radius 2 is 1.91 bits per heavy atom. The zero-order valence-corrected chi connectivity index (χ0v) is 19.7. The van der Waals surface area contributed by atoms with Crippen LogP contribution in [-0.2, 0) is 17.8 Å². The molecule has 0 spiro atoms. The molecule has 2 amide bonds. The summed E-state index contributed by atoms with van der Waals surface area (Å²) in [4.78, 5) is 28.6. The van der Waals surface area contributed by atoms with Gasteiger partial charge in [0.1, 0.15) is 12.4 Å². The third-order valence-corrected chi connectivity index (χ3v) is 6.95. The maximum atomic E-state index is 13.0. The number of hydrogen-bond acceptors (Lipinski definition) is 5. The zero-order chi connectivity index (χ0) is 23.8. The molecule has 0 atom stereocenters. The lowest BCUT2D eigenvalue weighted by molar-refractivity contribution is -0.126. The predicted octanol–water partition coefficient (Wildman–Crippen LogP) is 4.41. The summed E-state index contributed by atoms with van der Waals surface area (Å²) in [6.07, 6.45) is 2.18. The summed E-state index contributed by atoms with van der Waals surface area (Å²) in [6.45, 7) is 2.02. The van der Waals surface area contributed by atoms with Crippen LogP contribution in [0.5, 0.6) is 5.75 Å². The highest BCUT2D eigenvalue weighted by Crippen LogP contribution is 2.22. The average molecular weight is 474 g/mol. The van der Waals surface area contributed by atoms with Gasteiger partial charge in [-0.05, 0) is 55.0 Å². The summed E-state index contributed by atoms with van der Waals surface area (Å²) >= 11 is 1.70. The Morgan fingerprint density at radius 3 is 2.68 bits per heavy atom. The van der Waals surface area contributed by atoms with Crippen molar-refractivity contribution in [2.45, 2.75) is 25.9 Å². The Kier molecular flexibility index (Phi) is 7.95. The van der Waals surface area contributed by atoms with E-state index in [0.717, 1.165) is 12.0 Å². The largest absolute Gasteiger partial charge is 0.489 e. The van der Waals surface area contributed by atoms with Crippen LogP contribution in [0.25, 0.3) is 0 Å². The normalized spacial score (nSPS) is 13.8. The fourth-order valence-corrected chi connectivity index (χ4v) is 4.78. The van der Waals surface area contributed by atoms with Gasteiger partial charge in [0.05, 0.1) is 11.6 Å². The number of likely N-dealkylation sites (tertiary alicyclic amines) is 1. The van der Waals surface area contributed by atoms with Gasteiger partial charge in [-0.25, -0.2) is 0 Å². The Balaban J connectivity index is 1.26. The first kappa shape index (κ1) is 23.5. The summed E-state index contributed by atoms with van der Waals surface area (Å²) in [5.41, 5.74) is 1.94. The standard InChI is InChI=1S/C27H27N3O3S/c28-18-22-5-1-2-6-23(22)19-33-24-8-3-7-21(17-24)27(32)30-14-11-20(12-15-30)26(31)29-13-10-25-9-4-16-34-25/h1-9,16-17,20H,10-15,19H2,(H,29,31). The van der Waals surface area contributed by atoms with Crippen LogP contribution in [0, 0.1) is 17.2 Å². The van der Waals surface area contributed by atoms with Gasteiger partial charge in [-0.2, -0.15) is 5.26 Å². The van der Waals surface area contributed by atoms with Gasteiger partial charge < -0.3 is 15.0 Å². The molecule has 1 aliphatic rings. The van der Waals surface area contributed by atoms with Crippen molar-refractivity contribution < 1.29 is 14.3 Å². The fourth-order valence-electron chi connectivity index (χ4n) is 4.07. The maximum absolute atomic E-state index is 13.0. The maximum Gasteiger partial charge on any atom is 0.253 e. The van der Waals surface area contributed by atoms with Gasteiger partial charge in [0.15, 0.2) is 0 Å². The number of amides is 2. The highest BCUT2D eigenvalue weighted by Gasteiger charge is 2.27. The predicted molar refractivity (Wildman–Crippen MR) is 132 cm³/mol. The number of nitrogens with zero attached hydrogens (tertiary/aromatic N) is 2. The van der Waals surface area contributed by atoms with E-state index >= 15 is 0 Å². The number of nitriles is 1. The molecule has 1 aliphatic heterocycles. The van der Waals surface area contributed by atoms with Gasteiger partial charge in [-0.15, -0.1) is 11.3 Å². The number of carbonyl (C=O) groups is 2. The summed E-state index contributed by atoms with van der Waals surface area (Å²) in [6, 6.07) is 20.7. The van der Waals surface area contributed by atoms with E-state index in [1.165, 1.54) is 4.88 Å². The molecule has 2 aromatic carbocycles. The van der Waals surface area contributed by atoms with Gasteiger partial charge in [-0.1, -0.05) is 30.3 Å². The summed E-state index contributed by atoms with van der Waals surface area (Å²) in [5, 5.41) is 14.3. The molecular weight excluding hydrogens is 446 g/mol. The minimum absolute atomic E-state index is 0.0535. The Hall–Kier alpha value is -3.63. The van der Waals surface area contributed by atoms with Gasteiger partial charge in [0.25, 0.3) is 5.91 Å². The first-order valence-corrected chi connectivity index (χ1v) is 12.3. The molecule has 3 aromatic rings. The number of carbonyl (C=O) groups excluding carboxylic acids is 2. The van der Waals surface area contributed by atoms with Crippen molar-refractivity contribution in [3.63, 3.8) is 0 Å². The van der Waals surface area contributed by atoms with Crippen LogP contribution in [0.2, 0.25) is 0 Å². The van der Waals surface area contributed by atoms with Gasteiger partial charge >= 0.3 is 0 Å². The number of nitrogens with one attached hydrogen (secondary N) is 1. The van der Waals surface area contributed by atoms with E-state index in [9.17, 15) is 14.9 Å². The molecule has 0 unspecified atom stereocenters. The van der Waals surface area contributed by atoms with E-state index in [-0.39, 0.29) is 24.3 Å². The molecular formula is C27H27N3O3S. The second-order valence-electron chi connectivity index (χ2n) is 8.27. The molecule has 1 fully saturated rings. The number of hydrogen-bond donors (Lipinski definition) is 1. The second kappa shape index (κ2) is 11.5. The molecule has 0 bridgehead atoms. The second-order valence-corrected chi connectivity index (χ2v) is 9.30. The highest BCUT2D eigenvalue weighted by molar-refractivity contribution is 7.09. The average Bonchev–Trinajstić information content (AvgIpc) is 3.41. The lowest BCUT2D eigenvalue weighted by Crippen LogP contribution is -2.43. The van der Waals surface area contributed by atoms with Crippen LogP contribution in [0.3, 0.4) is 0 Å². The molecule has 1 N–H and O–H groups in total. The van der Waals surface area contributed by atoms with Crippen molar-refractivity contribution in [1.82, 2.24) is 10.2 Å². The van der Waals surface area contributed by atoms with E-state index in [4.69, 9.17) is 4.74 Å². The van der Waals surface area contributed by atoms with E-state index < -0.39 is 0 Å². The van der Waals surface area contributed by atoms with Crippen LogP contribution in [0.4, 0.5) is 0 Å². The molecule has 1 aromatic heterocycles. The summed E-state index contributed by atoms with van der Waals surface area (Å²) in [7, 11) is 0. The minimum atomic E-state index is -0.0561. The molecule has 0 radical (unpaired) electrons. The molecule has 2 heterocycles. The van der Waals surface area contributed by atoms with E-state index in [1.54, 1.807) is 46.6 Å². The Morgan fingerprint density at radius 1 is 1.09 bits per heavy atom. The van der Waals surface area contributed by atoms with Crippen LogP contribution in [0.15, 0.2) is 66.0 Å². The van der Waals surface area contributed by atoms with Crippen molar-refractivity contribution in [2.75, 3.05) is 19.6 Å². The highest BCUT2D eigenvalue weighted by atomic mass is 32.1. The first-order chi connectivity index (χ1) is 16.6. The van der Waals surface area contributed by atoms with Crippen molar-refractivity contribution in [1.29, 1.82) is 5.26 Å². The molecule has 6 nitrogen and oxygen atoms in total. The molecule has 4 rings (SSSR count). The first-order valence-electron chi connectivity index (χ1n) is 11.4. The monoisotopic (exact) mass is 473 g/mol. The smallest absolute Gasteiger partial charge is 0.253 e. The number of thiophene rings is 1. The Bertz CT molecular complexity index is 1160. The third-order valence-electron chi connectivity index (χ3n) is 6.02. The number of ether oxygens (including phenoxy) is 1. The minimum Gasteiger partial charge on any atom is -0.489 e. The van der Waals surface area contributed by atoms with Crippen molar-refractivity contribution >= 4 is 23.2 Å². The van der Waals surface area contributed by atoms with E-state index in [0.29, 0.717) is 49.4 Å². The van der Waals surface area contributed by atoms with E-state index in [1.807, 2.05) is 29.6 Å². The lowest BCUT2D eigenvalue weighted by Gasteiger charge is -2.31. The summed E-state index contributed by atoms with van der Waals surface area (Å²) in [5.74, 6) is 0.553.